The predicted molar refractivity (Wildman–Crippen MR) is 185 cm³/mol. The van der Waals surface area contributed by atoms with Gasteiger partial charge in [-0.05, 0) is 161 Å². The van der Waals surface area contributed by atoms with Crippen LogP contribution in [0.4, 0.5) is 0 Å². The first-order valence-corrected chi connectivity index (χ1v) is 16.9. The Kier molecular flexibility index (Phi) is 12.3. The zero-order chi connectivity index (χ0) is 31.1. The topological polar surface area (TPSA) is 48.8 Å². The largest absolute Gasteiger partial charge is 0.370 e. The maximum Gasteiger partial charge on any atom is 0.0968 e. The van der Waals surface area contributed by atoms with Gasteiger partial charge in [-0.2, -0.15) is 0 Å². The van der Waals surface area contributed by atoms with E-state index in [0.29, 0.717) is 12.1 Å². The van der Waals surface area contributed by atoms with Crippen LogP contribution >= 0.6 is 0 Å². The van der Waals surface area contributed by atoms with E-state index in [0.717, 1.165) is 25.9 Å². The second-order valence-corrected chi connectivity index (χ2v) is 12.2. The van der Waals surface area contributed by atoms with Crippen LogP contribution in [0.2, 0.25) is 0 Å². The SMILES string of the molecule is CC.CC.Cc1c(C)c(C)c2c(c1C)CC(NC1=NCCC1)C2.Cc1c(C)c(C)c2c(c1C)CCC2NC1=NCCC1. The Balaban J connectivity index is 0.000000206. The van der Waals surface area contributed by atoms with Crippen LogP contribution in [0.5, 0.6) is 0 Å². The standard InChI is InChI=1S/2C17H24N2.2C2H6/c1-10-11(2)13(4)17-14(12(10)3)7-8-15(17)19-16-6-5-9-18-16;1-10-11(2)13(4)16-9-14(8-15(16)12(10)3)19-17-6-5-7-18-17;2*1-2/h15H,5-9H2,1-4H3,(H,18,19);14H,5-9H2,1-4H3,(H,18,19);2*1-2H3. The van der Waals surface area contributed by atoms with Gasteiger partial charge in [-0.25, -0.2) is 0 Å². The highest BCUT2D eigenvalue weighted by Gasteiger charge is 2.29. The first-order chi connectivity index (χ1) is 20.2. The van der Waals surface area contributed by atoms with Crippen molar-refractivity contribution < 1.29 is 0 Å². The second-order valence-electron chi connectivity index (χ2n) is 12.2. The number of hydrogen-bond donors (Lipinski definition) is 2. The monoisotopic (exact) mass is 572 g/mol. The Bertz CT molecular complexity index is 1280. The Hall–Kier alpha value is -2.62. The first kappa shape index (κ1) is 33.9. The van der Waals surface area contributed by atoms with Gasteiger partial charge in [-0.3, -0.25) is 9.98 Å². The highest BCUT2D eigenvalue weighted by Crippen LogP contribution is 2.39. The van der Waals surface area contributed by atoms with Gasteiger partial charge < -0.3 is 10.6 Å². The van der Waals surface area contributed by atoms with Crippen LogP contribution in [0.3, 0.4) is 0 Å². The Labute approximate surface area is 258 Å². The van der Waals surface area contributed by atoms with Crippen LogP contribution in [0.25, 0.3) is 0 Å². The van der Waals surface area contributed by atoms with Crippen LogP contribution in [-0.4, -0.2) is 30.8 Å². The van der Waals surface area contributed by atoms with E-state index in [4.69, 9.17) is 0 Å². The van der Waals surface area contributed by atoms with Gasteiger partial charge in [-0.1, -0.05) is 27.7 Å². The summed E-state index contributed by atoms with van der Waals surface area (Å²) < 4.78 is 0. The third kappa shape index (κ3) is 6.95. The van der Waals surface area contributed by atoms with Crippen LogP contribution < -0.4 is 10.6 Å². The highest BCUT2D eigenvalue weighted by atomic mass is 15.0. The molecule has 4 heteroatoms. The van der Waals surface area contributed by atoms with Crippen LogP contribution in [0.15, 0.2) is 9.98 Å². The Morgan fingerprint density at radius 2 is 0.929 bits per heavy atom. The summed E-state index contributed by atoms with van der Waals surface area (Å²) in [5.74, 6) is 2.47. The summed E-state index contributed by atoms with van der Waals surface area (Å²) in [6.07, 6.45) is 9.49. The number of hydrogen-bond acceptors (Lipinski definition) is 4. The molecule has 4 nitrogen and oxygen atoms in total. The molecule has 2 N–H and O–H groups in total. The third-order valence-electron chi connectivity index (χ3n) is 10.2. The van der Waals surface area contributed by atoms with E-state index in [1.165, 1.54) is 94.7 Å². The molecule has 0 fully saturated rings. The van der Waals surface area contributed by atoms with Gasteiger partial charge in [0.15, 0.2) is 0 Å². The van der Waals surface area contributed by atoms with Crippen molar-refractivity contribution in [3.63, 3.8) is 0 Å². The lowest BCUT2D eigenvalue weighted by atomic mass is 9.89. The molecule has 42 heavy (non-hydrogen) atoms. The fraction of sp³-hybridized carbons (Fsp3) is 0.632. The highest BCUT2D eigenvalue weighted by molar-refractivity contribution is 5.84. The second kappa shape index (κ2) is 15.2. The van der Waals surface area contributed by atoms with Crippen LogP contribution in [-0.2, 0) is 19.3 Å². The molecule has 1 unspecified atom stereocenters. The van der Waals surface area contributed by atoms with E-state index in [-0.39, 0.29) is 0 Å². The summed E-state index contributed by atoms with van der Waals surface area (Å²) in [7, 11) is 0. The fourth-order valence-electron chi connectivity index (χ4n) is 7.23. The van der Waals surface area contributed by atoms with Crippen molar-refractivity contribution >= 4 is 11.7 Å². The number of rotatable bonds is 2. The average molecular weight is 573 g/mol. The smallest absolute Gasteiger partial charge is 0.0968 e. The number of nitrogens with one attached hydrogen (secondary N) is 2. The van der Waals surface area contributed by atoms with Gasteiger partial charge in [0.25, 0.3) is 0 Å². The van der Waals surface area contributed by atoms with Gasteiger partial charge in [-0.15, -0.1) is 0 Å². The van der Waals surface area contributed by atoms with Crippen molar-refractivity contribution in [3.05, 3.63) is 66.8 Å². The van der Waals surface area contributed by atoms with Crippen molar-refractivity contribution in [1.82, 2.24) is 10.6 Å². The number of amidine groups is 2. The zero-order valence-electron chi connectivity index (χ0n) is 29.1. The molecule has 0 amide bonds. The molecule has 0 aromatic heterocycles. The minimum Gasteiger partial charge on any atom is -0.370 e. The molecule has 0 saturated carbocycles. The number of nitrogens with zero attached hydrogens (tertiary/aromatic N) is 2. The molecule has 2 heterocycles. The first-order valence-electron chi connectivity index (χ1n) is 16.9. The van der Waals surface area contributed by atoms with E-state index >= 15 is 0 Å². The molecule has 2 aromatic carbocycles. The minimum atomic E-state index is 0.491. The summed E-state index contributed by atoms with van der Waals surface area (Å²) in [5.41, 5.74) is 18.3. The molecule has 6 rings (SSSR count). The van der Waals surface area contributed by atoms with E-state index in [1.807, 2.05) is 27.7 Å². The number of fused-ring (bicyclic) bond motifs is 2. The van der Waals surface area contributed by atoms with E-state index in [9.17, 15) is 0 Å². The van der Waals surface area contributed by atoms with E-state index in [2.05, 4.69) is 76.0 Å². The predicted octanol–water partition coefficient (Wildman–Crippen LogP) is 8.91. The molecule has 4 aliphatic rings. The molecule has 2 aromatic rings. The van der Waals surface area contributed by atoms with Crippen molar-refractivity contribution in [2.45, 2.75) is 147 Å². The van der Waals surface area contributed by atoms with Crippen molar-refractivity contribution in [2.75, 3.05) is 13.1 Å². The molecule has 0 bridgehead atoms. The van der Waals surface area contributed by atoms with Gasteiger partial charge in [0, 0.05) is 32.0 Å². The van der Waals surface area contributed by atoms with Crippen LogP contribution in [0, 0.1) is 55.4 Å². The quantitative estimate of drug-likeness (QED) is 0.377. The Morgan fingerprint density at radius 3 is 1.38 bits per heavy atom. The third-order valence-corrected chi connectivity index (χ3v) is 10.2. The van der Waals surface area contributed by atoms with Gasteiger partial charge in [0.2, 0.25) is 0 Å². The summed E-state index contributed by atoms with van der Waals surface area (Å²) >= 11 is 0. The van der Waals surface area contributed by atoms with Gasteiger partial charge in [0.05, 0.1) is 17.7 Å². The van der Waals surface area contributed by atoms with E-state index in [1.54, 1.807) is 22.3 Å². The molecule has 2 aliphatic heterocycles. The summed E-state index contributed by atoms with van der Waals surface area (Å²) in [6.45, 7) is 28.2. The molecular formula is C38H60N4. The lowest BCUT2D eigenvalue weighted by Gasteiger charge is -2.21. The molecular weight excluding hydrogens is 512 g/mol. The van der Waals surface area contributed by atoms with E-state index < -0.39 is 0 Å². The lowest BCUT2D eigenvalue weighted by Crippen LogP contribution is -2.34. The molecule has 0 saturated heterocycles. The molecule has 2 aliphatic carbocycles. The van der Waals surface area contributed by atoms with Crippen molar-refractivity contribution in [1.29, 1.82) is 0 Å². The maximum atomic E-state index is 4.57. The summed E-state index contributed by atoms with van der Waals surface area (Å²) in [4.78, 5) is 9.12. The minimum absolute atomic E-state index is 0.491. The summed E-state index contributed by atoms with van der Waals surface area (Å²) in [6, 6.07) is 1.05. The summed E-state index contributed by atoms with van der Waals surface area (Å²) in [5, 5.41) is 7.37. The molecule has 0 spiro atoms. The van der Waals surface area contributed by atoms with Gasteiger partial charge in [0.1, 0.15) is 0 Å². The van der Waals surface area contributed by atoms with Crippen molar-refractivity contribution in [3.8, 4) is 0 Å². The Morgan fingerprint density at radius 1 is 0.500 bits per heavy atom. The average Bonchev–Trinajstić information content (AvgIpc) is 3.84. The molecule has 0 radical (unpaired) electrons. The van der Waals surface area contributed by atoms with Gasteiger partial charge >= 0.3 is 0 Å². The number of aliphatic imine (C=N–C) groups is 2. The number of benzene rings is 2. The maximum absolute atomic E-state index is 4.57. The van der Waals surface area contributed by atoms with Crippen molar-refractivity contribution in [2.24, 2.45) is 9.98 Å². The normalized spacial score (nSPS) is 18.4. The van der Waals surface area contributed by atoms with Crippen LogP contribution in [0.1, 0.15) is 133 Å². The fourth-order valence-corrected chi connectivity index (χ4v) is 7.23. The zero-order valence-corrected chi connectivity index (χ0v) is 29.1. The lowest BCUT2D eigenvalue weighted by molar-refractivity contribution is 0.632. The molecule has 232 valence electrons. The molecule has 1 atom stereocenters.